The van der Waals surface area contributed by atoms with Crippen molar-refractivity contribution in [3.63, 3.8) is 0 Å². The van der Waals surface area contributed by atoms with Crippen LogP contribution >= 0.6 is 11.3 Å². The lowest BCUT2D eigenvalue weighted by atomic mass is 10.0. The number of methoxy groups -OCH3 is 1. The molecule has 0 bridgehead atoms. The molecule has 3 heterocycles. The van der Waals surface area contributed by atoms with Crippen molar-refractivity contribution in [3.8, 4) is 16.9 Å². The van der Waals surface area contributed by atoms with Crippen LogP contribution in [0.1, 0.15) is 27.2 Å². The number of rotatable bonds is 5. The first kappa shape index (κ1) is 21.2. The molecule has 4 rings (SSSR count). The number of benzene rings is 1. The molecule has 1 aliphatic heterocycles. The summed E-state index contributed by atoms with van der Waals surface area (Å²) >= 11 is 1.37. The third-order valence-electron chi connectivity index (χ3n) is 5.18. The Balaban J connectivity index is 1.70. The summed E-state index contributed by atoms with van der Waals surface area (Å²) in [4.78, 5) is 30.9. The van der Waals surface area contributed by atoms with Crippen LogP contribution < -0.4 is 9.64 Å². The van der Waals surface area contributed by atoms with Gasteiger partial charge in [0.15, 0.2) is 0 Å². The molecule has 31 heavy (non-hydrogen) atoms. The number of aryl methyl sites for hydroxylation is 1. The maximum absolute atomic E-state index is 13.1. The largest absolute Gasteiger partial charge is 0.497 e. The number of thiazole rings is 1. The molecule has 1 atom stereocenters. The van der Waals surface area contributed by atoms with Crippen molar-refractivity contribution < 1.29 is 14.3 Å². The van der Waals surface area contributed by atoms with Crippen LogP contribution in [0.2, 0.25) is 0 Å². The third kappa shape index (κ3) is 4.38. The Bertz CT molecular complexity index is 1080. The molecule has 0 aliphatic carbocycles. The quantitative estimate of drug-likeness (QED) is 0.604. The van der Waals surface area contributed by atoms with Gasteiger partial charge in [0.2, 0.25) is 5.95 Å². The molecule has 0 saturated carbocycles. The Labute approximate surface area is 185 Å². The van der Waals surface area contributed by atoms with E-state index in [0.29, 0.717) is 30.5 Å². The second kappa shape index (κ2) is 8.99. The van der Waals surface area contributed by atoms with Gasteiger partial charge >= 0.3 is 0 Å². The molecule has 0 radical (unpaired) electrons. The number of carbonyl (C=O) groups is 1. The average Bonchev–Trinajstić information content (AvgIpc) is 3.24. The lowest BCUT2D eigenvalue weighted by molar-refractivity contribution is -0.0243. The molecule has 9 heteroatoms. The number of anilines is 1. The van der Waals surface area contributed by atoms with Crippen LogP contribution in [-0.4, -0.2) is 66.7 Å². The average molecular weight is 440 g/mol. The van der Waals surface area contributed by atoms with Crippen molar-refractivity contribution in [2.45, 2.75) is 13.0 Å². The van der Waals surface area contributed by atoms with Gasteiger partial charge in [-0.1, -0.05) is 12.1 Å². The zero-order chi connectivity index (χ0) is 22.0. The molecular weight excluding hydrogens is 414 g/mol. The van der Waals surface area contributed by atoms with Crippen LogP contribution in [-0.2, 0) is 4.74 Å². The Hall–Kier alpha value is -3.04. The standard InChI is InChI=1S/C22H25N5O3S/c1-14-20(31-13-24-14)21(28)27-8-9-30-18(12-27)19-17(11-23-22(25-19)26(2)3)15-6-5-7-16(10-15)29-4/h5-7,10-11,13,18H,8-9,12H2,1-4H3/t18-/m0/s1. The van der Waals surface area contributed by atoms with Gasteiger partial charge in [-0.05, 0) is 24.6 Å². The predicted octanol–water partition coefficient (Wildman–Crippen LogP) is 3.20. The Kier molecular flexibility index (Phi) is 6.15. The van der Waals surface area contributed by atoms with E-state index in [1.54, 1.807) is 12.6 Å². The monoisotopic (exact) mass is 439 g/mol. The van der Waals surface area contributed by atoms with Crippen molar-refractivity contribution in [2.75, 3.05) is 45.8 Å². The first-order valence-corrected chi connectivity index (χ1v) is 10.9. The molecule has 1 aromatic carbocycles. The Morgan fingerprint density at radius 3 is 2.87 bits per heavy atom. The molecule has 8 nitrogen and oxygen atoms in total. The normalized spacial score (nSPS) is 16.3. The first-order chi connectivity index (χ1) is 15.0. The van der Waals surface area contributed by atoms with Gasteiger partial charge in [0.05, 0.1) is 37.2 Å². The van der Waals surface area contributed by atoms with Crippen LogP contribution in [0.5, 0.6) is 5.75 Å². The molecular formula is C22H25N5O3S. The summed E-state index contributed by atoms with van der Waals surface area (Å²) in [5.41, 5.74) is 5.01. The Morgan fingerprint density at radius 1 is 1.32 bits per heavy atom. The molecule has 1 saturated heterocycles. The lowest BCUT2D eigenvalue weighted by Crippen LogP contribution is -2.42. The van der Waals surface area contributed by atoms with E-state index >= 15 is 0 Å². The van der Waals surface area contributed by atoms with Gasteiger partial charge in [-0.2, -0.15) is 0 Å². The molecule has 1 aliphatic rings. The van der Waals surface area contributed by atoms with Crippen molar-refractivity contribution in [1.82, 2.24) is 19.9 Å². The molecule has 1 fully saturated rings. The van der Waals surface area contributed by atoms with Crippen LogP contribution in [0.25, 0.3) is 11.1 Å². The molecule has 3 aromatic rings. The van der Waals surface area contributed by atoms with Crippen LogP contribution in [0.4, 0.5) is 5.95 Å². The second-order valence-electron chi connectivity index (χ2n) is 7.47. The van der Waals surface area contributed by atoms with Crippen LogP contribution in [0.15, 0.2) is 36.0 Å². The fraction of sp³-hybridized carbons (Fsp3) is 0.364. The topological polar surface area (TPSA) is 80.7 Å². The molecule has 2 aromatic heterocycles. The minimum Gasteiger partial charge on any atom is -0.497 e. The maximum atomic E-state index is 13.1. The SMILES string of the molecule is COc1cccc(-c2cnc(N(C)C)nc2[C@@H]2CN(C(=O)c3scnc3C)CCO2)c1. The van der Waals surface area contributed by atoms with Gasteiger partial charge in [0, 0.05) is 32.4 Å². The van der Waals surface area contributed by atoms with E-state index in [9.17, 15) is 4.79 Å². The zero-order valence-electron chi connectivity index (χ0n) is 18.0. The summed E-state index contributed by atoms with van der Waals surface area (Å²) in [7, 11) is 5.43. The number of ether oxygens (including phenoxy) is 2. The highest BCUT2D eigenvalue weighted by atomic mass is 32.1. The minimum absolute atomic E-state index is 0.0156. The third-order valence-corrected chi connectivity index (χ3v) is 6.10. The van der Waals surface area contributed by atoms with Crippen LogP contribution in [0.3, 0.4) is 0 Å². The van der Waals surface area contributed by atoms with Gasteiger partial charge < -0.3 is 19.3 Å². The summed E-state index contributed by atoms with van der Waals surface area (Å²) in [6, 6.07) is 7.77. The van der Waals surface area contributed by atoms with E-state index < -0.39 is 0 Å². The van der Waals surface area contributed by atoms with Crippen molar-refractivity contribution >= 4 is 23.2 Å². The van der Waals surface area contributed by atoms with E-state index in [0.717, 1.165) is 28.3 Å². The molecule has 1 amide bonds. The summed E-state index contributed by atoms with van der Waals surface area (Å²) in [5, 5.41) is 0. The van der Waals surface area contributed by atoms with Crippen molar-refractivity contribution in [1.29, 1.82) is 0 Å². The summed E-state index contributed by atoms with van der Waals surface area (Å²) in [5.74, 6) is 1.33. The summed E-state index contributed by atoms with van der Waals surface area (Å²) < 4.78 is 11.5. The highest BCUT2D eigenvalue weighted by Gasteiger charge is 2.30. The van der Waals surface area contributed by atoms with Crippen LogP contribution in [0, 0.1) is 6.92 Å². The highest BCUT2D eigenvalue weighted by molar-refractivity contribution is 7.11. The first-order valence-electron chi connectivity index (χ1n) is 9.97. The number of hydrogen-bond donors (Lipinski definition) is 0. The second-order valence-corrected chi connectivity index (χ2v) is 8.33. The number of nitrogens with zero attached hydrogens (tertiary/aromatic N) is 5. The predicted molar refractivity (Wildman–Crippen MR) is 120 cm³/mol. The fourth-order valence-corrected chi connectivity index (χ4v) is 4.28. The Morgan fingerprint density at radius 2 is 2.16 bits per heavy atom. The number of amides is 1. The molecule has 162 valence electrons. The van der Waals surface area contributed by atoms with Gasteiger partial charge in [-0.15, -0.1) is 11.3 Å². The number of hydrogen-bond acceptors (Lipinski definition) is 8. The van der Waals surface area contributed by atoms with E-state index in [4.69, 9.17) is 14.5 Å². The van der Waals surface area contributed by atoms with Gasteiger partial charge in [-0.25, -0.2) is 15.0 Å². The smallest absolute Gasteiger partial charge is 0.266 e. The molecule has 0 unspecified atom stereocenters. The fourth-order valence-electron chi connectivity index (χ4n) is 3.51. The number of aromatic nitrogens is 3. The summed E-state index contributed by atoms with van der Waals surface area (Å²) in [6.07, 6.45) is 1.44. The van der Waals surface area contributed by atoms with Crippen molar-refractivity contribution in [3.05, 3.63) is 52.2 Å². The van der Waals surface area contributed by atoms with Gasteiger partial charge in [0.25, 0.3) is 5.91 Å². The minimum atomic E-state index is -0.367. The maximum Gasteiger partial charge on any atom is 0.266 e. The highest BCUT2D eigenvalue weighted by Crippen LogP contribution is 2.33. The van der Waals surface area contributed by atoms with Crippen molar-refractivity contribution in [2.24, 2.45) is 0 Å². The van der Waals surface area contributed by atoms with E-state index in [1.807, 2.05) is 61.3 Å². The molecule has 0 N–H and O–H groups in total. The summed E-state index contributed by atoms with van der Waals surface area (Å²) in [6.45, 7) is 3.24. The molecule has 0 spiro atoms. The number of carbonyl (C=O) groups excluding carboxylic acids is 1. The zero-order valence-corrected chi connectivity index (χ0v) is 18.8. The lowest BCUT2D eigenvalue weighted by Gasteiger charge is -2.33. The van der Waals surface area contributed by atoms with E-state index in [1.165, 1.54) is 11.3 Å². The van der Waals surface area contributed by atoms with E-state index in [-0.39, 0.29) is 12.0 Å². The van der Waals surface area contributed by atoms with E-state index in [2.05, 4.69) is 9.97 Å². The van der Waals surface area contributed by atoms with Gasteiger partial charge in [-0.3, -0.25) is 4.79 Å². The van der Waals surface area contributed by atoms with Gasteiger partial charge in [0.1, 0.15) is 16.7 Å². The number of morpholine rings is 1.